The number of hydrogen-bond acceptors (Lipinski definition) is 4. The summed E-state index contributed by atoms with van der Waals surface area (Å²) in [6.45, 7) is 3.89. The van der Waals surface area contributed by atoms with Crippen molar-refractivity contribution in [3.63, 3.8) is 0 Å². The highest BCUT2D eigenvalue weighted by molar-refractivity contribution is 7.92. The molecule has 0 aromatic heterocycles. The third-order valence-electron chi connectivity index (χ3n) is 5.66. The van der Waals surface area contributed by atoms with Gasteiger partial charge in [0.05, 0.1) is 4.90 Å². The van der Waals surface area contributed by atoms with Crippen LogP contribution < -0.4 is 15.4 Å². The Morgan fingerprint density at radius 3 is 2.28 bits per heavy atom. The molecule has 0 spiro atoms. The molecule has 4 rings (SSSR count). The van der Waals surface area contributed by atoms with Gasteiger partial charge in [-0.15, -0.1) is 0 Å². The molecule has 0 atom stereocenters. The van der Waals surface area contributed by atoms with E-state index in [2.05, 4.69) is 15.4 Å². The first-order valence-electron chi connectivity index (χ1n) is 11.2. The van der Waals surface area contributed by atoms with Gasteiger partial charge in [0, 0.05) is 17.5 Å². The van der Waals surface area contributed by atoms with Gasteiger partial charge in [-0.3, -0.25) is 14.8 Å². The van der Waals surface area contributed by atoms with Crippen LogP contribution in [0.5, 0.6) is 0 Å². The zero-order valence-electron chi connectivity index (χ0n) is 19.8. The average Bonchev–Trinajstić information content (AvgIpc) is 2.85. The van der Waals surface area contributed by atoms with Crippen LogP contribution in [0.3, 0.4) is 0 Å². The van der Waals surface area contributed by atoms with Gasteiger partial charge in [0.1, 0.15) is 0 Å². The van der Waals surface area contributed by atoms with Gasteiger partial charge < -0.3 is 5.32 Å². The predicted octanol–water partition coefficient (Wildman–Crippen LogP) is 5.78. The molecule has 3 N–H and O–H groups in total. The van der Waals surface area contributed by atoms with E-state index in [9.17, 15) is 13.2 Å². The zero-order valence-corrected chi connectivity index (χ0v) is 21.4. The van der Waals surface area contributed by atoms with Gasteiger partial charge in [-0.1, -0.05) is 48.5 Å². The van der Waals surface area contributed by atoms with Crippen LogP contribution in [-0.2, 0) is 14.8 Å². The maximum Gasteiger partial charge on any atom is 0.261 e. The molecule has 0 saturated heterocycles. The maximum absolute atomic E-state index is 12.7. The second kappa shape index (κ2) is 10.7. The van der Waals surface area contributed by atoms with Crippen molar-refractivity contribution in [2.75, 3.05) is 10.0 Å². The maximum atomic E-state index is 12.7. The SMILES string of the molecule is Cc1ccc(NS(=O)(=O)c2ccc(NC(=S)NC(=O)C=Cc3cccc4ccccc34)cc2)cc1C. The Morgan fingerprint density at radius 2 is 1.53 bits per heavy atom. The summed E-state index contributed by atoms with van der Waals surface area (Å²) < 4.78 is 28.0. The number of amides is 1. The predicted molar refractivity (Wildman–Crippen MR) is 151 cm³/mol. The lowest BCUT2D eigenvalue weighted by atomic mass is 10.0. The van der Waals surface area contributed by atoms with E-state index in [4.69, 9.17) is 12.2 Å². The average molecular weight is 516 g/mol. The molecule has 0 unspecified atom stereocenters. The molecule has 8 heteroatoms. The van der Waals surface area contributed by atoms with Crippen LogP contribution in [0.15, 0.2) is 95.9 Å². The summed E-state index contributed by atoms with van der Waals surface area (Å²) >= 11 is 5.23. The Morgan fingerprint density at radius 1 is 0.833 bits per heavy atom. The van der Waals surface area contributed by atoms with E-state index in [0.717, 1.165) is 27.5 Å². The number of carbonyl (C=O) groups is 1. The third-order valence-corrected chi connectivity index (χ3v) is 7.26. The Balaban J connectivity index is 1.36. The highest BCUT2D eigenvalue weighted by atomic mass is 32.2. The monoisotopic (exact) mass is 515 g/mol. The van der Waals surface area contributed by atoms with Gasteiger partial charge in [-0.05, 0) is 96.0 Å². The van der Waals surface area contributed by atoms with Crippen LogP contribution in [0.25, 0.3) is 16.8 Å². The second-order valence-corrected chi connectivity index (χ2v) is 10.4. The molecule has 182 valence electrons. The number of aryl methyl sites for hydroxylation is 2. The Bertz CT molecular complexity index is 1570. The van der Waals surface area contributed by atoms with Crippen molar-refractivity contribution in [1.29, 1.82) is 0 Å². The summed E-state index contributed by atoms with van der Waals surface area (Å²) in [4.78, 5) is 12.5. The zero-order chi connectivity index (χ0) is 25.7. The van der Waals surface area contributed by atoms with E-state index in [-0.39, 0.29) is 15.9 Å². The minimum atomic E-state index is -3.75. The number of thiocarbonyl (C=S) groups is 1. The van der Waals surface area contributed by atoms with E-state index in [1.807, 2.05) is 62.4 Å². The number of nitrogens with one attached hydrogen (secondary N) is 3. The van der Waals surface area contributed by atoms with Gasteiger partial charge in [0.15, 0.2) is 5.11 Å². The Hall–Kier alpha value is -4.01. The molecule has 0 aliphatic carbocycles. The molecule has 4 aromatic carbocycles. The minimum Gasteiger partial charge on any atom is -0.332 e. The lowest BCUT2D eigenvalue weighted by Crippen LogP contribution is -2.32. The molecule has 0 saturated carbocycles. The number of benzene rings is 4. The van der Waals surface area contributed by atoms with Crippen molar-refractivity contribution in [3.05, 3.63) is 108 Å². The van der Waals surface area contributed by atoms with Gasteiger partial charge >= 0.3 is 0 Å². The first-order valence-corrected chi connectivity index (χ1v) is 13.1. The van der Waals surface area contributed by atoms with Gasteiger partial charge in [0.2, 0.25) is 5.91 Å². The van der Waals surface area contributed by atoms with Gasteiger partial charge in [-0.25, -0.2) is 8.42 Å². The van der Waals surface area contributed by atoms with E-state index in [1.165, 1.54) is 18.2 Å². The first kappa shape index (κ1) is 25.1. The molecule has 6 nitrogen and oxygen atoms in total. The first-order chi connectivity index (χ1) is 17.2. The van der Waals surface area contributed by atoms with Crippen molar-refractivity contribution in [2.24, 2.45) is 0 Å². The molecule has 0 aliphatic rings. The van der Waals surface area contributed by atoms with Crippen molar-refractivity contribution in [2.45, 2.75) is 18.7 Å². The van der Waals surface area contributed by atoms with Crippen molar-refractivity contribution >= 4 is 61.5 Å². The fraction of sp³-hybridized carbons (Fsp3) is 0.0714. The molecule has 36 heavy (non-hydrogen) atoms. The highest BCUT2D eigenvalue weighted by Crippen LogP contribution is 2.21. The number of hydrogen-bond donors (Lipinski definition) is 3. The van der Waals surface area contributed by atoms with Crippen molar-refractivity contribution in [3.8, 4) is 0 Å². The molecule has 0 radical (unpaired) electrons. The molecular formula is C28H25N3O3S2. The number of fused-ring (bicyclic) bond motifs is 1. The fourth-order valence-electron chi connectivity index (χ4n) is 3.61. The number of rotatable bonds is 6. The number of sulfonamides is 1. The summed E-state index contributed by atoms with van der Waals surface area (Å²) in [5.41, 5.74) is 4.05. The van der Waals surface area contributed by atoms with Crippen LogP contribution in [0.2, 0.25) is 0 Å². The smallest absolute Gasteiger partial charge is 0.261 e. The summed E-state index contributed by atoms with van der Waals surface area (Å²) in [7, 11) is -3.75. The lowest BCUT2D eigenvalue weighted by molar-refractivity contribution is -0.115. The van der Waals surface area contributed by atoms with Gasteiger partial charge in [-0.2, -0.15) is 0 Å². The van der Waals surface area contributed by atoms with E-state index < -0.39 is 10.0 Å². The largest absolute Gasteiger partial charge is 0.332 e. The lowest BCUT2D eigenvalue weighted by Gasteiger charge is -2.11. The highest BCUT2D eigenvalue weighted by Gasteiger charge is 2.14. The van der Waals surface area contributed by atoms with E-state index in [1.54, 1.807) is 30.3 Å². The molecule has 0 heterocycles. The van der Waals surface area contributed by atoms with Crippen LogP contribution in [0.4, 0.5) is 11.4 Å². The number of anilines is 2. The topological polar surface area (TPSA) is 87.3 Å². The molecule has 0 aliphatic heterocycles. The van der Waals surface area contributed by atoms with E-state index in [0.29, 0.717) is 11.4 Å². The molecule has 4 aromatic rings. The van der Waals surface area contributed by atoms with Crippen LogP contribution in [0.1, 0.15) is 16.7 Å². The summed E-state index contributed by atoms with van der Waals surface area (Å²) in [6, 6.07) is 25.3. The van der Waals surface area contributed by atoms with E-state index >= 15 is 0 Å². The van der Waals surface area contributed by atoms with Crippen LogP contribution in [-0.4, -0.2) is 19.4 Å². The molecule has 0 fully saturated rings. The molecule has 0 bridgehead atoms. The quantitative estimate of drug-likeness (QED) is 0.224. The van der Waals surface area contributed by atoms with Crippen molar-refractivity contribution < 1.29 is 13.2 Å². The Kier molecular flexibility index (Phi) is 7.47. The van der Waals surface area contributed by atoms with Crippen LogP contribution in [0, 0.1) is 13.8 Å². The molecule has 1 amide bonds. The second-order valence-electron chi connectivity index (χ2n) is 8.27. The van der Waals surface area contributed by atoms with Crippen LogP contribution >= 0.6 is 12.2 Å². The standard InChI is InChI=1S/C28H25N3O3S2/c1-19-10-12-24(18-20(19)2)31-36(33,34)25-15-13-23(14-16-25)29-28(35)30-27(32)17-11-22-8-5-7-21-6-3-4-9-26(21)22/h3-18,31H,1-2H3,(H2,29,30,32,35). The third kappa shape index (κ3) is 6.16. The normalized spacial score (nSPS) is 11.4. The fourth-order valence-corrected chi connectivity index (χ4v) is 4.88. The molecular weight excluding hydrogens is 490 g/mol. The van der Waals surface area contributed by atoms with Crippen molar-refractivity contribution in [1.82, 2.24) is 5.32 Å². The summed E-state index contributed by atoms with van der Waals surface area (Å²) in [5, 5.41) is 7.73. The summed E-state index contributed by atoms with van der Waals surface area (Å²) in [6.07, 6.45) is 3.16. The summed E-state index contributed by atoms with van der Waals surface area (Å²) in [5.74, 6) is -0.378. The number of carbonyl (C=O) groups excluding carboxylic acids is 1. The van der Waals surface area contributed by atoms with Gasteiger partial charge in [0.25, 0.3) is 10.0 Å². The minimum absolute atomic E-state index is 0.103. The Labute approximate surface area is 216 Å².